The number of hydrogen-bond acceptors (Lipinski definition) is 0. The average Bonchev–Trinajstić information content (AvgIpc) is 1.44. The Balaban J connectivity index is 5.02. The van der Waals surface area contributed by atoms with Crippen molar-refractivity contribution >= 4 is 0 Å². The summed E-state index contributed by atoms with van der Waals surface area (Å²) in [4.78, 5) is 0. The van der Waals surface area contributed by atoms with Gasteiger partial charge in [-0.15, -0.1) is 0 Å². The third-order valence-corrected chi connectivity index (χ3v) is 0.850. The van der Waals surface area contributed by atoms with Gasteiger partial charge in [-0.3, -0.25) is 0 Å². The highest BCUT2D eigenvalue weighted by Gasteiger charge is 2.71. The highest BCUT2D eigenvalue weighted by molar-refractivity contribution is 5.10. The molecule has 0 bridgehead atoms. The van der Waals surface area contributed by atoms with Crippen molar-refractivity contribution in [2.45, 2.75) is 18.5 Å². The maximum absolute atomic E-state index is 11.2. The van der Waals surface area contributed by atoms with Gasteiger partial charge in [-0.25, -0.2) is 0 Å². The van der Waals surface area contributed by atoms with E-state index in [1.807, 2.05) is 0 Å². The van der Waals surface area contributed by atoms with Gasteiger partial charge in [0.1, 0.15) is 0 Å². The molecule has 0 fully saturated rings. The first-order valence-electron chi connectivity index (χ1n) is 2.45. The van der Waals surface area contributed by atoms with E-state index in [1.54, 1.807) is 0 Å². The van der Waals surface area contributed by atoms with Crippen LogP contribution < -0.4 is 0 Å². The Kier molecular flexibility index (Phi) is 2.80. The smallest absolute Gasteiger partial charge is 0.170 e. The minimum atomic E-state index is -6.45. The van der Waals surface area contributed by atoms with Crippen LogP contribution in [0.2, 0.25) is 0 Å². The van der Waals surface area contributed by atoms with Crippen LogP contribution in [0.1, 0.15) is 0 Å². The molecule has 0 aromatic rings. The van der Waals surface area contributed by atoms with E-state index in [0.717, 1.165) is 0 Å². The van der Waals surface area contributed by atoms with E-state index in [1.165, 1.54) is 0 Å². The standard InChI is InChI=1S/C4F9/c5-2(6,7)1(3(8,9)10)4(11,12)13. The predicted molar refractivity (Wildman–Crippen MR) is 21.4 cm³/mol. The fourth-order valence-electron chi connectivity index (χ4n) is 0.482. The summed E-state index contributed by atoms with van der Waals surface area (Å²) < 4.78 is 101. The van der Waals surface area contributed by atoms with E-state index in [4.69, 9.17) is 0 Å². The summed E-state index contributed by atoms with van der Waals surface area (Å²) in [6, 6.07) is 0. The summed E-state index contributed by atoms with van der Waals surface area (Å²) in [6.07, 6.45) is -19.3. The molecule has 0 nitrogen and oxygen atoms in total. The van der Waals surface area contributed by atoms with Crippen LogP contribution in [0.25, 0.3) is 0 Å². The predicted octanol–water partition coefficient (Wildman–Crippen LogP) is 3.25. The molecule has 13 heavy (non-hydrogen) atoms. The highest BCUT2D eigenvalue weighted by atomic mass is 19.4. The molecule has 0 spiro atoms. The Hall–Kier alpha value is -0.630. The van der Waals surface area contributed by atoms with Crippen LogP contribution in [0.3, 0.4) is 0 Å². The number of halogens is 9. The van der Waals surface area contributed by atoms with Crippen LogP contribution in [-0.2, 0) is 0 Å². The van der Waals surface area contributed by atoms with Gasteiger partial charge in [0.05, 0.1) is 0 Å². The van der Waals surface area contributed by atoms with Gasteiger partial charge in [0.15, 0.2) is 0 Å². The van der Waals surface area contributed by atoms with Gasteiger partial charge >= 0.3 is 18.5 Å². The maximum Gasteiger partial charge on any atom is 0.413 e. The molecule has 0 aliphatic carbocycles. The molecule has 0 atom stereocenters. The normalized spacial score (nSPS) is 15.2. The first-order chi connectivity index (χ1) is 5.37. The molecule has 79 valence electrons. The second kappa shape index (κ2) is 2.95. The second-order valence-corrected chi connectivity index (χ2v) is 1.87. The van der Waals surface area contributed by atoms with Crippen molar-refractivity contribution in [3.8, 4) is 0 Å². The van der Waals surface area contributed by atoms with Crippen LogP contribution in [0.4, 0.5) is 39.5 Å². The maximum atomic E-state index is 11.2. The van der Waals surface area contributed by atoms with Gasteiger partial charge in [-0.05, 0) is 0 Å². The summed E-state index contributed by atoms with van der Waals surface area (Å²) in [6.45, 7) is 0. The highest BCUT2D eigenvalue weighted by Crippen LogP contribution is 2.50. The molecule has 0 rings (SSSR count). The molecule has 0 saturated heterocycles. The molecular formula is C4F9. The molecule has 9 heteroatoms. The molecule has 0 saturated carbocycles. The van der Waals surface area contributed by atoms with E-state index in [2.05, 4.69) is 0 Å². The van der Waals surface area contributed by atoms with Crippen LogP contribution >= 0.6 is 0 Å². The third-order valence-electron chi connectivity index (χ3n) is 0.850. The van der Waals surface area contributed by atoms with Crippen LogP contribution in [0, 0.1) is 5.92 Å². The molecule has 0 aliphatic heterocycles. The lowest BCUT2D eigenvalue weighted by molar-refractivity contribution is -0.277. The van der Waals surface area contributed by atoms with E-state index in [0.29, 0.717) is 0 Å². The first-order valence-corrected chi connectivity index (χ1v) is 2.45. The Morgan fingerprint density at radius 3 is 0.615 bits per heavy atom. The monoisotopic (exact) mass is 219 g/mol. The molecule has 0 N–H and O–H groups in total. The Labute approximate surface area is 65.3 Å². The van der Waals surface area contributed by atoms with E-state index < -0.39 is 24.4 Å². The number of rotatable bonds is 0. The Morgan fingerprint density at radius 1 is 0.462 bits per heavy atom. The molecule has 0 aliphatic rings. The van der Waals surface area contributed by atoms with Gasteiger partial charge in [-0.2, -0.15) is 39.5 Å². The Bertz CT molecular complexity index is 134. The zero-order valence-electron chi connectivity index (χ0n) is 5.40. The van der Waals surface area contributed by atoms with Crippen molar-refractivity contribution in [2.24, 2.45) is 0 Å². The van der Waals surface area contributed by atoms with Crippen molar-refractivity contribution in [1.82, 2.24) is 0 Å². The minimum absolute atomic E-state index is 4.35. The van der Waals surface area contributed by atoms with Crippen molar-refractivity contribution in [3.63, 3.8) is 0 Å². The van der Waals surface area contributed by atoms with Gasteiger partial charge in [0.2, 0.25) is 0 Å². The summed E-state index contributed by atoms with van der Waals surface area (Å²) in [7, 11) is 0. The molecule has 0 aromatic carbocycles. The lowest BCUT2D eigenvalue weighted by Crippen LogP contribution is -2.44. The average molecular weight is 219 g/mol. The molecule has 0 aromatic heterocycles. The Morgan fingerprint density at radius 2 is 0.615 bits per heavy atom. The van der Waals surface area contributed by atoms with Crippen molar-refractivity contribution < 1.29 is 39.5 Å². The molecule has 1 radical (unpaired) electrons. The topological polar surface area (TPSA) is 0 Å². The third kappa shape index (κ3) is 3.31. The summed E-state index contributed by atoms with van der Waals surface area (Å²) in [5.41, 5.74) is 0. The quantitative estimate of drug-likeness (QED) is 0.548. The summed E-state index contributed by atoms with van der Waals surface area (Å²) in [5, 5.41) is 0. The van der Waals surface area contributed by atoms with Crippen molar-refractivity contribution in [1.29, 1.82) is 0 Å². The van der Waals surface area contributed by atoms with Gasteiger partial charge in [0, 0.05) is 0 Å². The first kappa shape index (κ1) is 12.4. The molecule has 0 heterocycles. The number of hydrogen-bond donors (Lipinski definition) is 0. The van der Waals surface area contributed by atoms with E-state index >= 15 is 0 Å². The van der Waals surface area contributed by atoms with E-state index in [9.17, 15) is 39.5 Å². The van der Waals surface area contributed by atoms with Crippen LogP contribution in [-0.4, -0.2) is 18.5 Å². The fourth-order valence-corrected chi connectivity index (χ4v) is 0.482. The lowest BCUT2D eigenvalue weighted by atomic mass is 10.1. The zero-order valence-corrected chi connectivity index (χ0v) is 5.40. The minimum Gasteiger partial charge on any atom is -0.170 e. The number of alkyl halides is 9. The molecule has 0 amide bonds. The largest absolute Gasteiger partial charge is 0.413 e. The lowest BCUT2D eigenvalue weighted by Gasteiger charge is -2.23. The van der Waals surface area contributed by atoms with Gasteiger partial charge in [0.25, 0.3) is 5.92 Å². The van der Waals surface area contributed by atoms with Gasteiger partial charge in [-0.1, -0.05) is 0 Å². The summed E-state index contributed by atoms with van der Waals surface area (Å²) in [5.74, 6) is -4.35. The summed E-state index contributed by atoms with van der Waals surface area (Å²) >= 11 is 0. The van der Waals surface area contributed by atoms with Gasteiger partial charge < -0.3 is 0 Å². The van der Waals surface area contributed by atoms with Crippen molar-refractivity contribution in [3.05, 3.63) is 5.92 Å². The molecule has 0 unspecified atom stereocenters. The fraction of sp³-hybridized carbons (Fsp3) is 0.750. The van der Waals surface area contributed by atoms with Crippen molar-refractivity contribution in [2.75, 3.05) is 0 Å². The molecular weight excluding hydrogens is 219 g/mol. The van der Waals surface area contributed by atoms with Crippen LogP contribution in [0.15, 0.2) is 0 Å². The van der Waals surface area contributed by atoms with Crippen LogP contribution in [0.5, 0.6) is 0 Å². The second-order valence-electron chi connectivity index (χ2n) is 1.87. The zero-order chi connectivity index (χ0) is 11.1. The van der Waals surface area contributed by atoms with E-state index in [-0.39, 0.29) is 0 Å². The SMILES string of the molecule is FC(F)(F)[C](C(F)(F)F)C(F)(F)F.